The maximum Gasteiger partial charge on any atom is 0.244 e. The van der Waals surface area contributed by atoms with Gasteiger partial charge in [0.05, 0.1) is 17.8 Å². The number of benzene rings is 1. The molecule has 19 heavy (non-hydrogen) atoms. The van der Waals surface area contributed by atoms with Crippen molar-refractivity contribution < 1.29 is 18.6 Å². The van der Waals surface area contributed by atoms with Gasteiger partial charge in [0.25, 0.3) is 0 Å². The Labute approximate surface area is 110 Å². The highest BCUT2D eigenvalue weighted by molar-refractivity contribution is 7.89. The summed E-state index contributed by atoms with van der Waals surface area (Å²) in [6.07, 6.45) is -2.23. The molecule has 0 aromatic heterocycles. The third-order valence-electron chi connectivity index (χ3n) is 2.97. The Balaban J connectivity index is 2.44. The molecule has 1 heterocycles. The van der Waals surface area contributed by atoms with Crippen molar-refractivity contribution in [3.63, 3.8) is 0 Å². The summed E-state index contributed by atoms with van der Waals surface area (Å²) in [7, 11) is -3.93. The normalized spacial score (nSPS) is 24.3. The summed E-state index contributed by atoms with van der Waals surface area (Å²) in [5.74, 6) is 0. The average molecular weight is 283 g/mol. The summed E-state index contributed by atoms with van der Waals surface area (Å²) in [6, 6.07) is 5.69. The average Bonchev–Trinajstić information content (AvgIpc) is 2.70. The third-order valence-corrected chi connectivity index (χ3v) is 4.86. The minimum absolute atomic E-state index is 0.0594. The van der Waals surface area contributed by atoms with Crippen LogP contribution in [0.15, 0.2) is 23.1 Å². The van der Waals surface area contributed by atoms with Crippen LogP contribution in [-0.2, 0) is 10.0 Å². The number of hydrogen-bond donors (Lipinski definition) is 3. The van der Waals surface area contributed by atoms with Gasteiger partial charge in [-0.3, -0.25) is 0 Å². The highest BCUT2D eigenvalue weighted by Gasteiger charge is 2.38. The zero-order valence-electron chi connectivity index (χ0n) is 9.89. The molecular weight excluding hydrogens is 270 g/mol. The molecule has 102 valence electrons. The quantitative estimate of drug-likeness (QED) is 0.589. The van der Waals surface area contributed by atoms with E-state index in [-0.39, 0.29) is 29.2 Å². The molecule has 1 aromatic carbocycles. The van der Waals surface area contributed by atoms with Crippen molar-refractivity contribution >= 4 is 15.7 Å². The van der Waals surface area contributed by atoms with Gasteiger partial charge in [-0.2, -0.15) is 9.57 Å². The lowest BCUT2D eigenvalue weighted by Crippen LogP contribution is -2.30. The van der Waals surface area contributed by atoms with Crippen LogP contribution in [0.1, 0.15) is 5.56 Å². The lowest BCUT2D eigenvalue weighted by atomic mass is 10.2. The van der Waals surface area contributed by atoms with Gasteiger partial charge in [-0.1, -0.05) is 0 Å². The molecule has 2 atom stereocenters. The number of aliphatic hydroxyl groups excluding tert-OH is 2. The fourth-order valence-corrected chi connectivity index (χ4v) is 3.53. The number of nitrogen functional groups attached to an aromatic ring is 1. The van der Waals surface area contributed by atoms with E-state index >= 15 is 0 Å². The van der Waals surface area contributed by atoms with Gasteiger partial charge in [-0.15, -0.1) is 0 Å². The summed E-state index contributed by atoms with van der Waals surface area (Å²) in [6.45, 7) is -0.391. The van der Waals surface area contributed by atoms with Crippen LogP contribution in [0, 0.1) is 11.3 Å². The smallest absolute Gasteiger partial charge is 0.244 e. The SMILES string of the molecule is N#Cc1cc(N)ccc1S(=O)(=O)N1CC(O)C(O)C1. The molecule has 0 aliphatic carbocycles. The molecule has 1 saturated heterocycles. The van der Waals surface area contributed by atoms with Crippen LogP contribution in [0.4, 0.5) is 5.69 Å². The van der Waals surface area contributed by atoms with E-state index in [9.17, 15) is 18.6 Å². The summed E-state index contributed by atoms with van der Waals surface area (Å²) in [5.41, 5.74) is 5.73. The molecule has 4 N–H and O–H groups in total. The molecule has 1 aromatic rings. The van der Waals surface area contributed by atoms with Crippen molar-refractivity contribution in [3.05, 3.63) is 23.8 Å². The topological polar surface area (TPSA) is 128 Å². The van der Waals surface area contributed by atoms with Crippen LogP contribution in [0.25, 0.3) is 0 Å². The minimum Gasteiger partial charge on any atom is -0.399 e. The Morgan fingerprint density at radius 3 is 2.42 bits per heavy atom. The molecule has 1 aliphatic heterocycles. The second-order valence-corrected chi connectivity index (χ2v) is 6.23. The van der Waals surface area contributed by atoms with Crippen molar-refractivity contribution in [1.29, 1.82) is 5.26 Å². The Bertz CT molecular complexity index is 628. The van der Waals surface area contributed by atoms with Crippen molar-refractivity contribution in [2.75, 3.05) is 18.8 Å². The second kappa shape index (κ2) is 4.79. The van der Waals surface area contributed by atoms with E-state index in [0.717, 1.165) is 4.31 Å². The van der Waals surface area contributed by atoms with Crippen LogP contribution in [0.2, 0.25) is 0 Å². The van der Waals surface area contributed by atoms with E-state index in [4.69, 9.17) is 11.0 Å². The van der Waals surface area contributed by atoms with Gasteiger partial charge in [0.1, 0.15) is 11.0 Å². The van der Waals surface area contributed by atoms with E-state index in [2.05, 4.69) is 0 Å². The van der Waals surface area contributed by atoms with Crippen LogP contribution < -0.4 is 5.73 Å². The predicted molar refractivity (Wildman–Crippen MR) is 66.3 cm³/mol. The van der Waals surface area contributed by atoms with E-state index < -0.39 is 22.2 Å². The van der Waals surface area contributed by atoms with E-state index in [1.807, 2.05) is 0 Å². The molecule has 0 amide bonds. The summed E-state index contributed by atoms with van der Waals surface area (Å²) >= 11 is 0. The third kappa shape index (κ3) is 2.41. The van der Waals surface area contributed by atoms with E-state index in [0.29, 0.717) is 0 Å². The van der Waals surface area contributed by atoms with Gasteiger partial charge in [0.2, 0.25) is 10.0 Å². The van der Waals surface area contributed by atoms with Crippen LogP contribution in [0.5, 0.6) is 0 Å². The number of nitriles is 1. The summed E-state index contributed by atoms with van der Waals surface area (Å²) in [4.78, 5) is -0.175. The predicted octanol–water partition coefficient (Wildman–Crippen LogP) is -1.13. The van der Waals surface area contributed by atoms with Crippen molar-refractivity contribution in [3.8, 4) is 6.07 Å². The highest BCUT2D eigenvalue weighted by Crippen LogP contribution is 2.25. The van der Waals surface area contributed by atoms with Crippen LogP contribution in [0.3, 0.4) is 0 Å². The zero-order valence-corrected chi connectivity index (χ0v) is 10.7. The number of sulfonamides is 1. The highest BCUT2D eigenvalue weighted by atomic mass is 32.2. The molecule has 0 bridgehead atoms. The van der Waals surface area contributed by atoms with Crippen LogP contribution in [-0.4, -0.2) is 48.2 Å². The first kappa shape index (κ1) is 13.8. The number of aliphatic hydroxyl groups is 2. The summed E-state index contributed by atoms with van der Waals surface area (Å²) in [5, 5.41) is 27.8. The first-order valence-electron chi connectivity index (χ1n) is 5.52. The fraction of sp³-hybridized carbons (Fsp3) is 0.364. The molecule has 2 unspecified atom stereocenters. The Morgan fingerprint density at radius 2 is 1.89 bits per heavy atom. The van der Waals surface area contributed by atoms with Gasteiger partial charge in [-0.05, 0) is 18.2 Å². The molecule has 1 aliphatic rings. The molecule has 2 rings (SSSR count). The standard InChI is InChI=1S/C11H13N3O4S/c12-4-7-3-8(13)1-2-11(7)19(17,18)14-5-9(15)10(16)6-14/h1-3,9-10,15-16H,5-6,13H2. The van der Waals surface area contributed by atoms with E-state index in [1.165, 1.54) is 18.2 Å². The molecule has 7 nitrogen and oxygen atoms in total. The fourth-order valence-electron chi connectivity index (χ4n) is 1.93. The van der Waals surface area contributed by atoms with Gasteiger partial charge < -0.3 is 15.9 Å². The zero-order chi connectivity index (χ0) is 14.2. The number of hydrogen-bond acceptors (Lipinski definition) is 6. The Morgan fingerprint density at radius 1 is 1.32 bits per heavy atom. The van der Waals surface area contributed by atoms with Gasteiger partial charge in [-0.25, -0.2) is 8.42 Å². The van der Waals surface area contributed by atoms with Gasteiger partial charge in [0, 0.05) is 18.8 Å². The molecule has 0 spiro atoms. The van der Waals surface area contributed by atoms with Crippen molar-refractivity contribution in [1.82, 2.24) is 4.31 Å². The second-order valence-electron chi connectivity index (χ2n) is 4.32. The molecule has 1 fully saturated rings. The summed E-state index contributed by atoms with van der Waals surface area (Å²) < 4.78 is 25.6. The van der Waals surface area contributed by atoms with Gasteiger partial charge in [0.15, 0.2) is 0 Å². The molecule has 8 heteroatoms. The van der Waals surface area contributed by atoms with Crippen LogP contribution >= 0.6 is 0 Å². The Kier molecular flexibility index (Phi) is 3.47. The number of anilines is 1. The number of nitrogens with two attached hydrogens (primary N) is 1. The molecule has 0 saturated carbocycles. The largest absolute Gasteiger partial charge is 0.399 e. The lowest BCUT2D eigenvalue weighted by Gasteiger charge is -2.16. The minimum atomic E-state index is -3.93. The van der Waals surface area contributed by atoms with Gasteiger partial charge >= 0.3 is 0 Å². The van der Waals surface area contributed by atoms with Crippen molar-refractivity contribution in [2.45, 2.75) is 17.1 Å². The molecular formula is C11H13N3O4S. The van der Waals surface area contributed by atoms with Crippen molar-refractivity contribution in [2.24, 2.45) is 0 Å². The number of rotatable bonds is 2. The number of β-amino-alcohol motifs (C(OH)–C–C–N with tert-alkyl or cyclic N) is 2. The lowest BCUT2D eigenvalue weighted by molar-refractivity contribution is 0.0572. The van der Waals surface area contributed by atoms with E-state index in [1.54, 1.807) is 6.07 Å². The maximum absolute atomic E-state index is 12.3. The monoisotopic (exact) mass is 283 g/mol. The Hall–Kier alpha value is -1.66. The maximum atomic E-state index is 12.3. The first-order chi connectivity index (χ1) is 8.86. The molecule has 0 radical (unpaired) electrons. The number of nitrogens with zero attached hydrogens (tertiary/aromatic N) is 2. The first-order valence-corrected chi connectivity index (χ1v) is 6.96.